The molecule has 7 nitrogen and oxygen atoms in total. The third kappa shape index (κ3) is 4.11. The predicted octanol–water partition coefficient (Wildman–Crippen LogP) is 2.06. The molecule has 1 aliphatic heterocycles. The van der Waals surface area contributed by atoms with Crippen molar-refractivity contribution in [1.82, 2.24) is 30.4 Å². The number of aryl methyl sites for hydroxylation is 2. The van der Waals surface area contributed by atoms with Gasteiger partial charge in [0.15, 0.2) is 5.96 Å². The largest absolute Gasteiger partial charge is 0.351 e. The maximum absolute atomic E-state index is 4.70. The monoisotopic (exact) mass is 347 g/mol. The third-order valence-corrected chi connectivity index (χ3v) is 5.23. The highest BCUT2D eigenvalue weighted by atomic mass is 32.1. The minimum absolute atomic E-state index is 0.417. The molecule has 0 radical (unpaired) electrons. The number of nitrogens with one attached hydrogen (secondary N) is 2. The topological polar surface area (TPSA) is 80.0 Å². The molecule has 0 atom stereocenters. The Morgan fingerprint density at radius 3 is 2.83 bits per heavy atom. The Morgan fingerprint density at radius 2 is 2.12 bits per heavy atom. The van der Waals surface area contributed by atoms with Gasteiger partial charge in [0.1, 0.15) is 15.8 Å². The highest BCUT2D eigenvalue weighted by Crippen LogP contribution is 2.18. The van der Waals surface area contributed by atoms with Gasteiger partial charge in [-0.2, -0.15) is 0 Å². The third-order valence-electron chi connectivity index (χ3n) is 4.00. The highest BCUT2D eigenvalue weighted by Gasteiger charge is 2.12. The molecule has 0 aliphatic carbocycles. The number of rotatable bonds is 5. The molecule has 2 aromatic rings. The van der Waals surface area contributed by atoms with Crippen LogP contribution in [0, 0.1) is 0 Å². The maximum atomic E-state index is 4.70. The minimum atomic E-state index is 0.417. The fourth-order valence-corrected chi connectivity index (χ4v) is 3.47. The minimum Gasteiger partial charge on any atom is -0.351 e. The van der Waals surface area contributed by atoms with Crippen LogP contribution < -0.4 is 10.6 Å². The Bertz CT molecular complexity index is 678. The first-order valence-electron chi connectivity index (χ1n) is 8.47. The van der Waals surface area contributed by atoms with E-state index in [-0.39, 0.29) is 0 Å². The zero-order valence-corrected chi connectivity index (χ0v) is 15.4. The molecule has 0 spiro atoms. The summed E-state index contributed by atoms with van der Waals surface area (Å²) in [6.45, 7) is 6.65. The first-order chi connectivity index (χ1) is 11.7. The zero-order valence-electron chi connectivity index (χ0n) is 14.5. The second kappa shape index (κ2) is 7.74. The summed E-state index contributed by atoms with van der Waals surface area (Å²) in [5.74, 6) is 2.37. The molecule has 0 bridgehead atoms. The molecule has 2 N–H and O–H groups in total. The molecule has 130 valence electrons. The first-order valence-corrected chi connectivity index (χ1v) is 9.29. The van der Waals surface area contributed by atoms with Crippen LogP contribution in [0.3, 0.4) is 0 Å². The van der Waals surface area contributed by atoms with Crippen LogP contribution in [0.15, 0.2) is 11.2 Å². The molecule has 0 saturated heterocycles. The smallest absolute Gasteiger partial charge is 0.191 e. The molecule has 24 heavy (non-hydrogen) atoms. The highest BCUT2D eigenvalue weighted by molar-refractivity contribution is 7.11. The molecule has 0 saturated carbocycles. The SMILES string of the molecule is CN=C(NCc1cn2c(n1)CCCC2)NCc1nnc(C(C)C)s1. The summed E-state index contributed by atoms with van der Waals surface area (Å²) in [6.07, 6.45) is 5.73. The van der Waals surface area contributed by atoms with Crippen molar-refractivity contribution in [3.05, 3.63) is 27.7 Å². The van der Waals surface area contributed by atoms with Gasteiger partial charge in [0.05, 0.1) is 18.8 Å². The summed E-state index contributed by atoms with van der Waals surface area (Å²) < 4.78 is 2.27. The Labute approximate surface area is 146 Å². The number of aliphatic imine (C=N–C) groups is 1. The van der Waals surface area contributed by atoms with Crippen molar-refractivity contribution in [2.75, 3.05) is 7.05 Å². The van der Waals surface area contributed by atoms with E-state index in [1.165, 1.54) is 18.7 Å². The van der Waals surface area contributed by atoms with Gasteiger partial charge in [0.2, 0.25) is 0 Å². The van der Waals surface area contributed by atoms with Gasteiger partial charge in [-0.05, 0) is 12.8 Å². The number of fused-ring (bicyclic) bond motifs is 1. The van der Waals surface area contributed by atoms with Gasteiger partial charge < -0.3 is 15.2 Å². The quantitative estimate of drug-likeness (QED) is 0.639. The second-order valence-corrected chi connectivity index (χ2v) is 7.36. The molecule has 8 heteroatoms. The van der Waals surface area contributed by atoms with Gasteiger partial charge in [-0.15, -0.1) is 10.2 Å². The summed E-state index contributed by atoms with van der Waals surface area (Å²) in [7, 11) is 1.77. The molecule has 0 aromatic carbocycles. The molecular weight excluding hydrogens is 322 g/mol. The van der Waals surface area contributed by atoms with Crippen LogP contribution in [0.1, 0.15) is 54.1 Å². The molecule has 1 aliphatic rings. The number of aromatic nitrogens is 4. The van der Waals surface area contributed by atoms with Crippen molar-refractivity contribution in [3.63, 3.8) is 0 Å². The summed E-state index contributed by atoms with van der Waals surface area (Å²) >= 11 is 1.64. The summed E-state index contributed by atoms with van der Waals surface area (Å²) in [5, 5.41) is 17.1. The van der Waals surface area contributed by atoms with Gasteiger partial charge in [0.25, 0.3) is 0 Å². The summed E-state index contributed by atoms with van der Waals surface area (Å²) in [6, 6.07) is 0. The van der Waals surface area contributed by atoms with Crippen molar-refractivity contribution >= 4 is 17.3 Å². The lowest BCUT2D eigenvalue weighted by Gasteiger charge is -2.11. The number of nitrogens with zero attached hydrogens (tertiary/aromatic N) is 5. The van der Waals surface area contributed by atoms with Gasteiger partial charge in [-0.25, -0.2) is 4.98 Å². The lowest BCUT2D eigenvalue weighted by atomic mass is 10.2. The van der Waals surface area contributed by atoms with Crippen molar-refractivity contribution in [2.24, 2.45) is 4.99 Å². The fraction of sp³-hybridized carbons (Fsp3) is 0.625. The first kappa shape index (κ1) is 16.9. The number of guanidine groups is 1. The van der Waals surface area contributed by atoms with Gasteiger partial charge >= 0.3 is 0 Å². The van der Waals surface area contributed by atoms with E-state index in [0.717, 1.165) is 34.6 Å². The van der Waals surface area contributed by atoms with E-state index in [0.29, 0.717) is 19.0 Å². The van der Waals surface area contributed by atoms with E-state index in [9.17, 15) is 0 Å². The van der Waals surface area contributed by atoms with E-state index in [1.807, 2.05) is 0 Å². The fourth-order valence-electron chi connectivity index (χ4n) is 2.68. The zero-order chi connectivity index (χ0) is 16.9. The van der Waals surface area contributed by atoms with Gasteiger partial charge in [-0.3, -0.25) is 4.99 Å². The number of hydrogen-bond acceptors (Lipinski definition) is 5. The molecule has 3 heterocycles. The van der Waals surface area contributed by atoms with Crippen LogP contribution in [0.4, 0.5) is 0 Å². The number of imidazole rings is 1. The Kier molecular flexibility index (Phi) is 5.44. The molecule has 3 rings (SSSR count). The van der Waals surface area contributed by atoms with Crippen molar-refractivity contribution in [1.29, 1.82) is 0 Å². The van der Waals surface area contributed by atoms with Crippen LogP contribution in [-0.2, 0) is 26.1 Å². The molecule has 0 unspecified atom stereocenters. The Balaban J connectivity index is 1.50. The van der Waals surface area contributed by atoms with E-state index < -0.39 is 0 Å². The van der Waals surface area contributed by atoms with Crippen LogP contribution in [0.25, 0.3) is 0 Å². The van der Waals surface area contributed by atoms with Crippen molar-refractivity contribution < 1.29 is 0 Å². The molecule has 0 fully saturated rings. The second-order valence-electron chi connectivity index (χ2n) is 6.27. The summed E-state index contributed by atoms with van der Waals surface area (Å²) in [4.78, 5) is 8.95. The molecule has 2 aromatic heterocycles. The lowest BCUT2D eigenvalue weighted by molar-refractivity contribution is 0.522. The van der Waals surface area contributed by atoms with E-state index in [4.69, 9.17) is 4.98 Å². The van der Waals surface area contributed by atoms with E-state index in [2.05, 4.69) is 50.4 Å². The van der Waals surface area contributed by atoms with E-state index in [1.54, 1.807) is 18.4 Å². The molecule has 0 amide bonds. The van der Waals surface area contributed by atoms with Crippen molar-refractivity contribution in [2.45, 2.75) is 58.7 Å². The van der Waals surface area contributed by atoms with Crippen LogP contribution in [-0.4, -0.2) is 32.8 Å². The Morgan fingerprint density at radius 1 is 1.29 bits per heavy atom. The average Bonchev–Trinajstić information content (AvgIpc) is 3.21. The molecular formula is C16H25N7S. The number of hydrogen-bond donors (Lipinski definition) is 2. The van der Waals surface area contributed by atoms with Crippen LogP contribution in [0.2, 0.25) is 0 Å². The van der Waals surface area contributed by atoms with Gasteiger partial charge in [-0.1, -0.05) is 25.2 Å². The Hall–Kier alpha value is -1.96. The van der Waals surface area contributed by atoms with Gasteiger partial charge in [0, 0.05) is 32.1 Å². The lowest BCUT2D eigenvalue weighted by Crippen LogP contribution is -2.36. The summed E-state index contributed by atoms with van der Waals surface area (Å²) in [5.41, 5.74) is 1.06. The maximum Gasteiger partial charge on any atom is 0.191 e. The van der Waals surface area contributed by atoms with E-state index >= 15 is 0 Å². The predicted molar refractivity (Wildman–Crippen MR) is 96.2 cm³/mol. The van der Waals surface area contributed by atoms with Crippen LogP contribution in [0.5, 0.6) is 0 Å². The normalized spacial score (nSPS) is 14.8. The average molecular weight is 347 g/mol. The standard InChI is InChI=1S/C16H25N7S/c1-11(2)15-22-21-14(24-15)9-19-16(17-3)18-8-12-10-23-7-5-4-6-13(23)20-12/h10-11H,4-9H2,1-3H3,(H2,17,18,19). The van der Waals surface area contributed by atoms with Crippen molar-refractivity contribution in [3.8, 4) is 0 Å². The van der Waals surface area contributed by atoms with Crippen LogP contribution >= 0.6 is 11.3 Å².